The van der Waals surface area contributed by atoms with Crippen LogP contribution in [0.2, 0.25) is 0 Å². The highest BCUT2D eigenvalue weighted by atomic mass is 19.2. The van der Waals surface area contributed by atoms with Gasteiger partial charge in [-0.05, 0) is 24.6 Å². The molecule has 18 heavy (non-hydrogen) atoms. The van der Waals surface area contributed by atoms with Crippen LogP contribution in [0.25, 0.3) is 11.1 Å². The molecule has 0 saturated heterocycles. The Morgan fingerprint density at radius 2 is 1.50 bits per heavy atom. The molecule has 0 amide bonds. The Hall–Kier alpha value is -1.90. The number of aryl methyl sites for hydroxylation is 1. The van der Waals surface area contributed by atoms with Crippen LogP contribution in [0.15, 0.2) is 36.4 Å². The smallest absolute Gasteiger partial charge is 0.201 e. The third kappa shape index (κ3) is 2.50. The number of hydrogen-bond acceptors (Lipinski definition) is 1. The topological polar surface area (TPSA) is 9.23 Å². The quantitative estimate of drug-likeness (QED) is 0.757. The molecular weight excluding hydrogens is 234 g/mol. The monoisotopic (exact) mass is 250 g/mol. The van der Waals surface area contributed by atoms with E-state index >= 15 is 0 Å². The van der Waals surface area contributed by atoms with Crippen molar-refractivity contribution in [2.24, 2.45) is 0 Å². The Labute approximate surface area is 106 Å². The number of benzene rings is 2. The number of hydrogen-bond donors (Lipinski definition) is 0. The van der Waals surface area contributed by atoms with Crippen LogP contribution < -0.4 is 4.74 Å². The van der Waals surface area contributed by atoms with Crippen molar-refractivity contribution in [1.29, 1.82) is 0 Å². The van der Waals surface area contributed by atoms with E-state index in [1.54, 1.807) is 12.1 Å². The average molecular weight is 250 g/mol. The molecule has 3 heteroatoms. The Balaban J connectivity index is 0.00000162. The van der Waals surface area contributed by atoms with Crippen molar-refractivity contribution in [2.45, 2.75) is 14.4 Å². The minimum absolute atomic E-state index is 0. The van der Waals surface area contributed by atoms with Crippen molar-refractivity contribution < 1.29 is 13.5 Å². The zero-order valence-corrected chi connectivity index (χ0v) is 9.63. The molecule has 2 aromatic rings. The predicted octanol–water partition coefficient (Wildman–Crippen LogP) is 4.58. The molecule has 0 heterocycles. The van der Waals surface area contributed by atoms with Crippen LogP contribution in [-0.2, 0) is 0 Å². The van der Waals surface area contributed by atoms with Crippen molar-refractivity contribution >= 4 is 0 Å². The molecule has 0 unspecified atom stereocenters. The predicted molar refractivity (Wildman–Crippen MR) is 69.8 cm³/mol. The third-order valence-electron chi connectivity index (χ3n) is 2.63. The van der Waals surface area contributed by atoms with E-state index in [-0.39, 0.29) is 18.7 Å². The summed E-state index contributed by atoms with van der Waals surface area (Å²) in [6.45, 7) is 1.94. The van der Waals surface area contributed by atoms with Crippen LogP contribution in [0, 0.1) is 18.6 Å². The van der Waals surface area contributed by atoms with Crippen molar-refractivity contribution in [2.75, 3.05) is 7.11 Å². The molecule has 0 saturated carbocycles. The number of methoxy groups -OCH3 is 1. The van der Waals surface area contributed by atoms with E-state index in [4.69, 9.17) is 4.74 Å². The lowest BCUT2D eigenvalue weighted by atomic mass is 10.0. The van der Waals surface area contributed by atoms with E-state index < -0.39 is 11.6 Å². The summed E-state index contributed by atoms with van der Waals surface area (Å²) >= 11 is 0. The molecule has 0 aliphatic rings. The van der Waals surface area contributed by atoms with Crippen LogP contribution in [0.3, 0.4) is 0 Å². The van der Waals surface area contributed by atoms with Gasteiger partial charge in [-0.2, -0.15) is 4.39 Å². The largest absolute Gasteiger partial charge is 0.494 e. The Bertz CT molecular complexity index is 533. The van der Waals surface area contributed by atoms with Crippen LogP contribution >= 0.6 is 0 Å². The molecule has 0 aliphatic carbocycles. The lowest BCUT2D eigenvalue weighted by Gasteiger charge is -2.08. The fraction of sp³-hybridized carbons (Fsp3) is 0.200. The highest BCUT2D eigenvalue weighted by molar-refractivity contribution is 5.65. The average Bonchev–Trinajstić information content (AvgIpc) is 2.34. The van der Waals surface area contributed by atoms with Crippen molar-refractivity contribution in [3.05, 3.63) is 53.6 Å². The minimum Gasteiger partial charge on any atom is -0.494 e. The first-order valence-corrected chi connectivity index (χ1v) is 5.22. The molecule has 96 valence electrons. The molecule has 2 aromatic carbocycles. The summed E-state index contributed by atoms with van der Waals surface area (Å²) in [7, 11) is 1.31. The molecule has 0 radical (unpaired) electrons. The first-order valence-electron chi connectivity index (χ1n) is 5.22. The van der Waals surface area contributed by atoms with Gasteiger partial charge in [0.1, 0.15) is 0 Å². The van der Waals surface area contributed by atoms with Gasteiger partial charge >= 0.3 is 0 Å². The maximum absolute atomic E-state index is 13.8. The maximum atomic E-state index is 13.8. The standard InChI is InChI=1S/C14H12F2O.CH4/c1-9-3-5-10(6-4-9)11-7-8-12(17-2)14(16)13(11)15;/h3-8H,1-2H3;1H4. The lowest BCUT2D eigenvalue weighted by Crippen LogP contribution is -1.94. The second kappa shape index (κ2) is 5.63. The molecule has 0 atom stereocenters. The highest BCUT2D eigenvalue weighted by Crippen LogP contribution is 2.29. The van der Waals surface area contributed by atoms with E-state index in [2.05, 4.69) is 0 Å². The van der Waals surface area contributed by atoms with Gasteiger partial charge in [0.2, 0.25) is 5.82 Å². The molecular formula is C15H16F2O. The first kappa shape index (κ1) is 14.2. The molecule has 0 spiro atoms. The molecule has 0 N–H and O–H groups in total. The van der Waals surface area contributed by atoms with Gasteiger partial charge in [-0.1, -0.05) is 37.3 Å². The molecule has 0 aromatic heterocycles. The third-order valence-corrected chi connectivity index (χ3v) is 2.63. The summed E-state index contributed by atoms with van der Waals surface area (Å²) < 4.78 is 32.0. The Kier molecular flexibility index (Phi) is 4.43. The zero-order chi connectivity index (χ0) is 12.4. The number of rotatable bonds is 2. The second-order valence-corrected chi connectivity index (χ2v) is 3.81. The van der Waals surface area contributed by atoms with Crippen molar-refractivity contribution in [3.8, 4) is 16.9 Å². The number of ether oxygens (including phenoxy) is 1. The van der Waals surface area contributed by atoms with E-state index in [1.807, 2.05) is 19.1 Å². The summed E-state index contributed by atoms with van der Waals surface area (Å²) in [6.07, 6.45) is 0. The summed E-state index contributed by atoms with van der Waals surface area (Å²) in [5.74, 6) is -1.92. The highest BCUT2D eigenvalue weighted by Gasteiger charge is 2.14. The normalized spacial score (nSPS) is 9.78. The van der Waals surface area contributed by atoms with Gasteiger partial charge in [0, 0.05) is 5.56 Å². The molecule has 2 rings (SSSR count). The van der Waals surface area contributed by atoms with Gasteiger partial charge in [-0.15, -0.1) is 0 Å². The van der Waals surface area contributed by atoms with E-state index in [0.29, 0.717) is 5.56 Å². The molecule has 0 fully saturated rings. The van der Waals surface area contributed by atoms with Crippen LogP contribution in [-0.4, -0.2) is 7.11 Å². The van der Waals surface area contributed by atoms with Gasteiger partial charge in [-0.3, -0.25) is 0 Å². The lowest BCUT2D eigenvalue weighted by molar-refractivity contribution is 0.372. The van der Waals surface area contributed by atoms with Gasteiger partial charge < -0.3 is 4.74 Å². The summed E-state index contributed by atoms with van der Waals surface area (Å²) in [5.41, 5.74) is 1.96. The van der Waals surface area contributed by atoms with Crippen molar-refractivity contribution in [3.63, 3.8) is 0 Å². The Morgan fingerprint density at radius 3 is 2.06 bits per heavy atom. The van der Waals surface area contributed by atoms with E-state index in [0.717, 1.165) is 5.56 Å². The van der Waals surface area contributed by atoms with Crippen LogP contribution in [0.1, 0.15) is 13.0 Å². The summed E-state index contributed by atoms with van der Waals surface area (Å²) in [4.78, 5) is 0. The maximum Gasteiger partial charge on any atom is 0.201 e. The van der Waals surface area contributed by atoms with Gasteiger partial charge in [0.05, 0.1) is 7.11 Å². The first-order chi connectivity index (χ1) is 8.13. The van der Waals surface area contributed by atoms with Gasteiger partial charge in [0.25, 0.3) is 0 Å². The van der Waals surface area contributed by atoms with Gasteiger partial charge in [0.15, 0.2) is 11.6 Å². The second-order valence-electron chi connectivity index (χ2n) is 3.81. The van der Waals surface area contributed by atoms with E-state index in [9.17, 15) is 8.78 Å². The summed E-state index contributed by atoms with van der Waals surface area (Å²) in [5, 5.41) is 0. The van der Waals surface area contributed by atoms with E-state index in [1.165, 1.54) is 19.2 Å². The fourth-order valence-electron chi connectivity index (χ4n) is 1.65. The van der Waals surface area contributed by atoms with Crippen LogP contribution in [0.4, 0.5) is 8.78 Å². The van der Waals surface area contributed by atoms with Crippen molar-refractivity contribution in [1.82, 2.24) is 0 Å². The Morgan fingerprint density at radius 1 is 0.889 bits per heavy atom. The minimum atomic E-state index is -0.953. The summed E-state index contributed by atoms with van der Waals surface area (Å²) in [6, 6.07) is 10.2. The van der Waals surface area contributed by atoms with Gasteiger partial charge in [-0.25, -0.2) is 4.39 Å². The molecule has 0 aliphatic heterocycles. The molecule has 0 bridgehead atoms. The van der Waals surface area contributed by atoms with Crippen LogP contribution in [0.5, 0.6) is 5.75 Å². The molecule has 1 nitrogen and oxygen atoms in total. The zero-order valence-electron chi connectivity index (χ0n) is 9.63. The SMILES string of the molecule is C.COc1ccc(-c2ccc(C)cc2)c(F)c1F. The fourth-order valence-corrected chi connectivity index (χ4v) is 1.65. The number of halogens is 2.